The quantitative estimate of drug-likeness (QED) is 0.295. The zero-order chi connectivity index (χ0) is 36.4. The molecule has 0 amide bonds. The van der Waals surface area contributed by atoms with Crippen LogP contribution in [0.1, 0.15) is 64.6 Å². The van der Waals surface area contributed by atoms with Crippen LogP contribution in [-0.4, -0.2) is 53.5 Å². The van der Waals surface area contributed by atoms with E-state index in [1.54, 1.807) is 26.0 Å². The zero-order valence-electron chi connectivity index (χ0n) is 28.8. The van der Waals surface area contributed by atoms with Crippen LogP contribution in [0.25, 0.3) is 0 Å². The molecule has 0 unspecified atom stereocenters. The molecule has 11 nitrogen and oxygen atoms in total. The lowest BCUT2D eigenvalue weighted by molar-refractivity contribution is -0.0617. The molecule has 2 aromatic heterocycles. The second-order valence-corrected chi connectivity index (χ2v) is 13.4. The maximum absolute atomic E-state index is 15.3. The molecule has 4 aromatic rings. The maximum Gasteiger partial charge on any atom is 0.333 e. The van der Waals surface area contributed by atoms with Gasteiger partial charge in [0.25, 0.3) is 11.1 Å². The number of halogens is 2. The number of hydrogen-bond acceptors (Lipinski definition) is 7. The third-order valence-corrected chi connectivity index (χ3v) is 10.1. The predicted molar refractivity (Wildman–Crippen MR) is 184 cm³/mol. The Labute approximate surface area is 288 Å². The molecule has 2 saturated heterocycles. The van der Waals surface area contributed by atoms with Gasteiger partial charge >= 0.3 is 11.4 Å². The lowest BCUT2D eigenvalue weighted by Crippen LogP contribution is -2.44. The minimum absolute atomic E-state index is 0.0913. The van der Waals surface area contributed by atoms with Gasteiger partial charge in [-0.1, -0.05) is 81.4 Å². The maximum atomic E-state index is 15.3. The summed E-state index contributed by atoms with van der Waals surface area (Å²) in [6.07, 6.45) is 0.0380. The Morgan fingerprint density at radius 3 is 1.38 bits per heavy atom. The first-order valence-electron chi connectivity index (χ1n) is 16.7. The summed E-state index contributed by atoms with van der Waals surface area (Å²) in [6, 6.07) is 20.8. The van der Waals surface area contributed by atoms with Crippen molar-refractivity contribution in [2.45, 2.75) is 90.1 Å². The molecule has 1 N–H and O–H groups in total. The summed E-state index contributed by atoms with van der Waals surface area (Å²) >= 11 is 0. The molecule has 50 heavy (non-hydrogen) atoms. The van der Waals surface area contributed by atoms with Crippen LogP contribution in [0.5, 0.6) is 0 Å². The first-order chi connectivity index (χ1) is 23.7. The number of aliphatic hydroxyl groups is 1. The number of hydrogen-bond donors (Lipinski definition) is 1. The Balaban J connectivity index is 0.000000194. The second kappa shape index (κ2) is 14.8. The van der Waals surface area contributed by atoms with Crippen LogP contribution < -0.4 is 22.5 Å². The first-order valence-corrected chi connectivity index (χ1v) is 16.7. The van der Waals surface area contributed by atoms with Gasteiger partial charge in [-0.05, 0) is 31.4 Å². The van der Waals surface area contributed by atoms with Crippen molar-refractivity contribution >= 4 is 0 Å². The van der Waals surface area contributed by atoms with Crippen molar-refractivity contribution < 1.29 is 23.4 Å². The predicted octanol–water partition coefficient (Wildman–Crippen LogP) is 4.04. The van der Waals surface area contributed by atoms with Crippen molar-refractivity contribution in [1.29, 1.82) is 0 Å². The molecular weight excluding hydrogens is 650 g/mol. The molecule has 0 bridgehead atoms. The molecule has 2 aliphatic heterocycles. The van der Waals surface area contributed by atoms with E-state index in [4.69, 9.17) is 9.47 Å². The first kappa shape index (κ1) is 36.8. The minimum atomic E-state index is -1.85. The van der Waals surface area contributed by atoms with E-state index >= 15 is 8.78 Å². The SMILES string of the molecule is CC[C@H]1O[C@@H](n2ccc(=O)n(Cc3ccccc3)c2=O)[C@](C)(F)[C@@H]1C.C[C@@H]1[C@@H](CO)O[C@@H](n2ccc(=O)n(Cc3ccccc3)c2=O)[C@]1(C)F. The van der Waals surface area contributed by atoms with Crippen molar-refractivity contribution in [3.05, 3.63) is 138 Å². The molecule has 268 valence electrons. The Kier molecular flexibility index (Phi) is 10.9. The van der Waals surface area contributed by atoms with Crippen LogP contribution in [0.3, 0.4) is 0 Å². The highest BCUT2D eigenvalue weighted by atomic mass is 19.1. The summed E-state index contributed by atoms with van der Waals surface area (Å²) in [5.74, 6) is -0.937. The molecule has 2 aromatic carbocycles. The number of ether oxygens (including phenoxy) is 2. The summed E-state index contributed by atoms with van der Waals surface area (Å²) in [5.41, 5.74) is -4.01. The van der Waals surface area contributed by atoms with Gasteiger partial charge in [0, 0.05) is 36.4 Å². The standard InChI is InChI=1S/C19H23FN2O3.C18H21FN2O4/c1-4-15-13(2)19(3,20)17(25-15)21-11-10-16(23)22(18(21)24)12-14-8-6-5-7-9-14;1-12-14(11-22)25-16(18(12,2)19)20-9-8-15(23)21(17(20)24)10-13-6-4-3-5-7-13/h5-11,13,15,17H,4,12H2,1-3H3;3-9,12,14,16,22H,10-11H2,1-2H3/t13-,15-,17-,19-;12-,14-,16-,18-/m11/s1. The van der Waals surface area contributed by atoms with Gasteiger partial charge in [-0.15, -0.1) is 0 Å². The third-order valence-electron chi connectivity index (χ3n) is 10.1. The highest BCUT2D eigenvalue weighted by Gasteiger charge is 2.54. The van der Waals surface area contributed by atoms with Crippen molar-refractivity contribution in [1.82, 2.24) is 18.3 Å². The average molecular weight is 695 g/mol. The minimum Gasteiger partial charge on any atom is -0.394 e. The van der Waals surface area contributed by atoms with Crippen molar-refractivity contribution in [2.75, 3.05) is 6.61 Å². The molecule has 4 heterocycles. The van der Waals surface area contributed by atoms with Gasteiger partial charge in [0.2, 0.25) is 0 Å². The van der Waals surface area contributed by atoms with E-state index < -0.39 is 58.3 Å². The lowest BCUT2D eigenvalue weighted by atomic mass is 9.88. The van der Waals surface area contributed by atoms with Gasteiger partial charge in [-0.2, -0.15) is 0 Å². The number of aromatic nitrogens is 4. The van der Waals surface area contributed by atoms with E-state index in [1.165, 1.54) is 42.9 Å². The van der Waals surface area contributed by atoms with E-state index in [-0.39, 0.29) is 31.7 Å². The van der Waals surface area contributed by atoms with Crippen molar-refractivity contribution in [3.8, 4) is 0 Å². The molecule has 0 radical (unpaired) electrons. The molecular formula is C37H44F2N4O7. The van der Waals surface area contributed by atoms with Crippen LogP contribution in [-0.2, 0) is 22.6 Å². The van der Waals surface area contributed by atoms with Crippen LogP contribution in [0.2, 0.25) is 0 Å². The van der Waals surface area contributed by atoms with Crippen molar-refractivity contribution in [3.63, 3.8) is 0 Å². The van der Waals surface area contributed by atoms with Crippen LogP contribution in [0.4, 0.5) is 8.78 Å². The Morgan fingerprint density at radius 2 is 1.04 bits per heavy atom. The summed E-state index contributed by atoms with van der Waals surface area (Å²) in [7, 11) is 0. The fourth-order valence-corrected chi connectivity index (χ4v) is 6.58. The fourth-order valence-electron chi connectivity index (χ4n) is 6.58. The normalized spacial score (nSPS) is 29.0. The van der Waals surface area contributed by atoms with Gasteiger partial charge < -0.3 is 14.6 Å². The summed E-state index contributed by atoms with van der Waals surface area (Å²) in [4.78, 5) is 49.9. The van der Waals surface area contributed by atoms with Crippen molar-refractivity contribution in [2.24, 2.45) is 11.8 Å². The molecule has 0 saturated carbocycles. The third kappa shape index (κ3) is 7.07. The summed E-state index contributed by atoms with van der Waals surface area (Å²) in [5, 5.41) is 9.36. The largest absolute Gasteiger partial charge is 0.394 e. The summed E-state index contributed by atoms with van der Waals surface area (Å²) in [6.45, 7) is 8.05. The smallest absolute Gasteiger partial charge is 0.333 e. The Bertz CT molecular complexity index is 1860. The highest BCUT2D eigenvalue weighted by molar-refractivity contribution is 5.16. The molecule has 2 fully saturated rings. The molecule has 0 aliphatic carbocycles. The van der Waals surface area contributed by atoms with Gasteiger partial charge in [0.15, 0.2) is 23.8 Å². The Morgan fingerprint density at radius 1 is 0.660 bits per heavy atom. The number of benzene rings is 2. The van der Waals surface area contributed by atoms with Gasteiger partial charge in [0.1, 0.15) is 0 Å². The van der Waals surface area contributed by atoms with Gasteiger partial charge in [-0.25, -0.2) is 18.4 Å². The monoisotopic (exact) mass is 694 g/mol. The summed E-state index contributed by atoms with van der Waals surface area (Å²) < 4.78 is 46.3. The van der Waals surface area contributed by atoms with E-state index in [0.29, 0.717) is 6.42 Å². The Hall–Kier alpha value is -4.46. The van der Waals surface area contributed by atoms with Crippen LogP contribution >= 0.6 is 0 Å². The zero-order valence-corrected chi connectivity index (χ0v) is 28.8. The average Bonchev–Trinajstić information content (AvgIpc) is 3.47. The number of aliphatic hydroxyl groups excluding tert-OH is 1. The molecule has 13 heteroatoms. The van der Waals surface area contributed by atoms with E-state index in [2.05, 4.69) is 0 Å². The lowest BCUT2D eigenvalue weighted by Gasteiger charge is -2.26. The van der Waals surface area contributed by atoms with Crippen LogP contribution in [0.15, 0.2) is 104 Å². The number of rotatable bonds is 8. The van der Waals surface area contributed by atoms with E-state index in [1.807, 2.05) is 55.5 Å². The van der Waals surface area contributed by atoms with Crippen LogP contribution in [0, 0.1) is 11.8 Å². The highest BCUT2D eigenvalue weighted by Crippen LogP contribution is 2.46. The van der Waals surface area contributed by atoms with E-state index in [0.717, 1.165) is 24.8 Å². The molecule has 0 spiro atoms. The van der Waals surface area contributed by atoms with E-state index in [9.17, 15) is 24.3 Å². The second-order valence-electron chi connectivity index (χ2n) is 13.4. The number of alkyl halides is 2. The fraction of sp³-hybridized carbons (Fsp3) is 0.459. The van der Waals surface area contributed by atoms with Gasteiger partial charge in [0.05, 0.1) is 31.9 Å². The number of nitrogens with zero attached hydrogens (tertiary/aromatic N) is 4. The topological polar surface area (TPSA) is 127 Å². The molecule has 2 aliphatic rings. The molecule has 6 rings (SSSR count). The van der Waals surface area contributed by atoms with Gasteiger partial charge in [-0.3, -0.25) is 27.9 Å². The molecule has 8 atom stereocenters.